The van der Waals surface area contributed by atoms with Gasteiger partial charge in [0.2, 0.25) is 0 Å². The van der Waals surface area contributed by atoms with Crippen LogP contribution in [-0.2, 0) is 5.41 Å². The third kappa shape index (κ3) is 1.96. The van der Waals surface area contributed by atoms with Crippen molar-refractivity contribution in [3.63, 3.8) is 0 Å². The van der Waals surface area contributed by atoms with Gasteiger partial charge in [0.1, 0.15) is 12.2 Å². The Morgan fingerprint density at radius 3 is 2.72 bits per heavy atom. The normalized spacial score (nSPS) is 24.5. The van der Waals surface area contributed by atoms with E-state index in [-0.39, 0.29) is 5.41 Å². The minimum Gasteiger partial charge on any atom is -0.317 e. The maximum absolute atomic E-state index is 4.51. The first-order valence-corrected chi connectivity index (χ1v) is 7.46. The van der Waals surface area contributed by atoms with Crippen LogP contribution in [0.1, 0.15) is 63.7 Å². The molecule has 1 aliphatic carbocycles. The predicted octanol–water partition coefficient (Wildman–Crippen LogP) is 2.42. The molecule has 3 rings (SSSR count). The maximum atomic E-state index is 4.51. The summed E-state index contributed by atoms with van der Waals surface area (Å²) in [6.45, 7) is 4.54. The molecular weight excluding hydrogens is 224 g/mol. The fourth-order valence-electron chi connectivity index (χ4n) is 3.71. The van der Waals surface area contributed by atoms with E-state index in [0.717, 1.165) is 13.1 Å². The molecule has 100 valence electrons. The Bertz CT molecular complexity index is 386. The van der Waals surface area contributed by atoms with Crippen LogP contribution in [-0.4, -0.2) is 27.9 Å². The fraction of sp³-hybridized carbons (Fsp3) is 0.857. The molecule has 1 saturated heterocycles. The third-order valence-electron chi connectivity index (χ3n) is 5.00. The lowest BCUT2D eigenvalue weighted by Crippen LogP contribution is -2.41. The molecule has 1 N–H and O–H groups in total. The van der Waals surface area contributed by atoms with Gasteiger partial charge in [-0.15, -0.1) is 10.2 Å². The van der Waals surface area contributed by atoms with E-state index in [4.69, 9.17) is 0 Å². The van der Waals surface area contributed by atoms with E-state index in [1.54, 1.807) is 0 Å². The Balaban J connectivity index is 1.92. The lowest BCUT2D eigenvalue weighted by atomic mass is 9.75. The van der Waals surface area contributed by atoms with Crippen molar-refractivity contribution in [2.45, 2.75) is 63.3 Å². The van der Waals surface area contributed by atoms with Gasteiger partial charge in [-0.2, -0.15) is 0 Å². The Morgan fingerprint density at radius 1 is 1.33 bits per heavy atom. The van der Waals surface area contributed by atoms with E-state index in [1.807, 2.05) is 6.33 Å². The molecule has 0 unspecified atom stereocenters. The van der Waals surface area contributed by atoms with E-state index in [0.29, 0.717) is 6.04 Å². The Morgan fingerprint density at radius 2 is 2.06 bits per heavy atom. The summed E-state index contributed by atoms with van der Waals surface area (Å²) < 4.78 is 2.40. The molecule has 0 atom stereocenters. The van der Waals surface area contributed by atoms with Gasteiger partial charge in [-0.05, 0) is 45.2 Å². The van der Waals surface area contributed by atoms with Crippen LogP contribution in [0.5, 0.6) is 0 Å². The number of rotatable bonds is 3. The molecule has 0 radical (unpaired) electrons. The van der Waals surface area contributed by atoms with Crippen molar-refractivity contribution in [1.29, 1.82) is 0 Å². The summed E-state index contributed by atoms with van der Waals surface area (Å²) >= 11 is 0. The van der Waals surface area contributed by atoms with Crippen LogP contribution in [0.2, 0.25) is 0 Å². The van der Waals surface area contributed by atoms with Crippen molar-refractivity contribution in [2.75, 3.05) is 13.1 Å². The summed E-state index contributed by atoms with van der Waals surface area (Å²) in [5.41, 5.74) is 0.268. The van der Waals surface area contributed by atoms with Gasteiger partial charge in [-0.3, -0.25) is 0 Å². The van der Waals surface area contributed by atoms with Crippen molar-refractivity contribution >= 4 is 0 Å². The van der Waals surface area contributed by atoms with E-state index < -0.39 is 0 Å². The van der Waals surface area contributed by atoms with Gasteiger partial charge >= 0.3 is 0 Å². The second-order valence-corrected chi connectivity index (χ2v) is 5.88. The molecule has 0 aromatic carbocycles. The smallest absolute Gasteiger partial charge is 0.139 e. The van der Waals surface area contributed by atoms with Gasteiger partial charge in [0.05, 0.1) is 0 Å². The lowest BCUT2D eigenvalue weighted by molar-refractivity contribution is 0.265. The molecule has 18 heavy (non-hydrogen) atoms. The fourth-order valence-corrected chi connectivity index (χ4v) is 3.71. The number of hydrogen-bond acceptors (Lipinski definition) is 3. The standard InChI is InChI=1S/C14H24N4/c1-2-14(7-9-15-10-8-14)13-17-16-11-18(13)12-5-3-4-6-12/h11-12,15H,2-10H2,1H3. The molecule has 4 nitrogen and oxygen atoms in total. The molecule has 0 bridgehead atoms. The third-order valence-corrected chi connectivity index (χ3v) is 5.00. The van der Waals surface area contributed by atoms with Crippen molar-refractivity contribution < 1.29 is 0 Å². The van der Waals surface area contributed by atoms with Crippen molar-refractivity contribution in [1.82, 2.24) is 20.1 Å². The van der Waals surface area contributed by atoms with Crippen LogP contribution >= 0.6 is 0 Å². The quantitative estimate of drug-likeness (QED) is 0.893. The predicted molar refractivity (Wildman–Crippen MR) is 71.6 cm³/mol. The number of nitrogens with one attached hydrogen (secondary N) is 1. The molecule has 0 spiro atoms. The maximum Gasteiger partial charge on any atom is 0.139 e. The zero-order valence-corrected chi connectivity index (χ0v) is 11.4. The molecule has 4 heteroatoms. The topological polar surface area (TPSA) is 42.7 Å². The van der Waals surface area contributed by atoms with E-state index >= 15 is 0 Å². The molecule has 2 aliphatic rings. The van der Waals surface area contributed by atoms with Crippen LogP contribution < -0.4 is 5.32 Å². The van der Waals surface area contributed by atoms with Gasteiger partial charge in [0.25, 0.3) is 0 Å². The number of piperidine rings is 1. The summed E-state index contributed by atoms with van der Waals surface area (Å²) in [7, 11) is 0. The highest BCUT2D eigenvalue weighted by Crippen LogP contribution is 2.39. The minimum absolute atomic E-state index is 0.268. The van der Waals surface area contributed by atoms with Gasteiger partial charge < -0.3 is 9.88 Å². The molecule has 1 aromatic rings. The van der Waals surface area contributed by atoms with E-state index in [9.17, 15) is 0 Å². The minimum atomic E-state index is 0.268. The lowest BCUT2D eigenvalue weighted by Gasteiger charge is -2.36. The average molecular weight is 248 g/mol. The number of aromatic nitrogens is 3. The van der Waals surface area contributed by atoms with E-state index in [1.165, 1.54) is 50.8 Å². The van der Waals surface area contributed by atoms with Crippen LogP contribution in [0.3, 0.4) is 0 Å². The highest BCUT2D eigenvalue weighted by molar-refractivity contribution is 5.11. The SMILES string of the molecule is CCC1(c2nncn2C2CCCC2)CCNCC1. The molecule has 1 aromatic heterocycles. The monoisotopic (exact) mass is 248 g/mol. The number of nitrogens with zero attached hydrogens (tertiary/aromatic N) is 3. The first-order valence-electron chi connectivity index (χ1n) is 7.46. The van der Waals surface area contributed by atoms with Gasteiger partial charge in [-0.1, -0.05) is 19.8 Å². The van der Waals surface area contributed by atoms with Crippen molar-refractivity contribution in [3.8, 4) is 0 Å². The summed E-state index contributed by atoms with van der Waals surface area (Å²) in [6, 6.07) is 0.660. The Labute approximate surface area is 109 Å². The van der Waals surface area contributed by atoms with Crippen LogP contribution in [0.4, 0.5) is 0 Å². The largest absolute Gasteiger partial charge is 0.317 e. The van der Waals surface area contributed by atoms with Crippen LogP contribution in [0.15, 0.2) is 6.33 Å². The van der Waals surface area contributed by atoms with Crippen molar-refractivity contribution in [3.05, 3.63) is 12.2 Å². The second kappa shape index (κ2) is 5.00. The van der Waals surface area contributed by atoms with Gasteiger partial charge in [-0.25, -0.2) is 0 Å². The van der Waals surface area contributed by atoms with Crippen molar-refractivity contribution in [2.24, 2.45) is 0 Å². The zero-order chi connectivity index (χ0) is 12.4. The van der Waals surface area contributed by atoms with Crippen LogP contribution in [0, 0.1) is 0 Å². The average Bonchev–Trinajstić information content (AvgIpc) is 3.10. The van der Waals surface area contributed by atoms with Crippen LogP contribution in [0.25, 0.3) is 0 Å². The van der Waals surface area contributed by atoms with Gasteiger partial charge in [0.15, 0.2) is 0 Å². The Hall–Kier alpha value is -0.900. The molecule has 2 fully saturated rings. The highest BCUT2D eigenvalue weighted by atomic mass is 15.3. The number of hydrogen-bond donors (Lipinski definition) is 1. The van der Waals surface area contributed by atoms with Gasteiger partial charge in [0, 0.05) is 11.5 Å². The highest BCUT2D eigenvalue weighted by Gasteiger charge is 2.37. The molecular formula is C14H24N4. The zero-order valence-electron chi connectivity index (χ0n) is 11.4. The summed E-state index contributed by atoms with van der Waals surface area (Å²) in [5.74, 6) is 1.26. The first-order chi connectivity index (χ1) is 8.86. The molecule has 1 saturated carbocycles. The summed E-state index contributed by atoms with van der Waals surface area (Å²) in [6.07, 6.45) is 10.9. The Kier molecular flexibility index (Phi) is 3.37. The summed E-state index contributed by atoms with van der Waals surface area (Å²) in [5, 5.41) is 12.2. The molecule has 0 amide bonds. The molecule has 2 heterocycles. The first kappa shape index (κ1) is 12.2. The molecule has 1 aliphatic heterocycles. The van der Waals surface area contributed by atoms with E-state index in [2.05, 4.69) is 27.0 Å². The summed E-state index contributed by atoms with van der Waals surface area (Å²) in [4.78, 5) is 0. The second-order valence-electron chi connectivity index (χ2n) is 5.88.